The standard InChI is InChI=1S/C20H16ClF2N3O3S/c1-12-10-26(14-7-8-16-17(9-14)29-20(22,23)28-16)19(30-12)24-18(27)25(2)11-13-5-3-4-6-15(13)21/h3-10H,11H2,1-2H3/b24-19-. The van der Waals surface area contributed by atoms with Gasteiger partial charge >= 0.3 is 12.3 Å². The van der Waals surface area contributed by atoms with E-state index in [9.17, 15) is 13.6 Å². The van der Waals surface area contributed by atoms with Gasteiger partial charge in [0.2, 0.25) is 0 Å². The van der Waals surface area contributed by atoms with Gasteiger partial charge in [-0.05, 0) is 30.7 Å². The molecule has 0 fully saturated rings. The number of aryl methyl sites for hydroxylation is 1. The van der Waals surface area contributed by atoms with E-state index in [-0.39, 0.29) is 11.5 Å². The van der Waals surface area contributed by atoms with E-state index in [1.807, 2.05) is 25.1 Å². The molecule has 0 unspecified atom stereocenters. The number of hydrogen-bond donors (Lipinski definition) is 0. The number of alkyl halides is 2. The smallest absolute Gasteiger partial charge is 0.395 e. The number of amides is 2. The number of hydrogen-bond acceptors (Lipinski definition) is 4. The lowest BCUT2D eigenvalue weighted by Crippen LogP contribution is -2.26. The Morgan fingerprint density at radius 2 is 1.97 bits per heavy atom. The molecule has 0 saturated carbocycles. The zero-order valence-electron chi connectivity index (χ0n) is 15.9. The molecule has 1 aliphatic heterocycles. The normalized spacial score (nSPS) is 14.8. The molecule has 2 heterocycles. The maximum Gasteiger partial charge on any atom is 0.586 e. The molecule has 0 saturated heterocycles. The van der Waals surface area contributed by atoms with Crippen LogP contribution in [-0.4, -0.2) is 28.8 Å². The molecular formula is C20H16ClF2N3O3S. The summed E-state index contributed by atoms with van der Waals surface area (Å²) < 4.78 is 37.2. The largest absolute Gasteiger partial charge is 0.586 e. The molecule has 156 valence electrons. The highest BCUT2D eigenvalue weighted by Gasteiger charge is 2.43. The van der Waals surface area contributed by atoms with Gasteiger partial charge in [-0.25, -0.2) is 4.79 Å². The number of nitrogens with zero attached hydrogens (tertiary/aromatic N) is 3. The van der Waals surface area contributed by atoms with Gasteiger partial charge in [0, 0.05) is 35.8 Å². The molecule has 1 aliphatic rings. The second kappa shape index (κ2) is 7.73. The van der Waals surface area contributed by atoms with Crippen LogP contribution in [0.3, 0.4) is 0 Å². The van der Waals surface area contributed by atoms with Crippen molar-refractivity contribution < 1.29 is 23.0 Å². The van der Waals surface area contributed by atoms with Crippen molar-refractivity contribution in [1.82, 2.24) is 9.47 Å². The Morgan fingerprint density at radius 3 is 2.73 bits per heavy atom. The Hall–Kier alpha value is -2.91. The van der Waals surface area contributed by atoms with Gasteiger partial charge in [0.15, 0.2) is 16.3 Å². The summed E-state index contributed by atoms with van der Waals surface area (Å²) in [6, 6.07) is 11.2. The fourth-order valence-corrected chi connectivity index (χ4v) is 3.94. The average Bonchev–Trinajstić information content (AvgIpc) is 3.20. The molecular weight excluding hydrogens is 436 g/mol. The number of carbonyl (C=O) groups is 1. The summed E-state index contributed by atoms with van der Waals surface area (Å²) in [6.45, 7) is 2.16. The van der Waals surface area contributed by atoms with E-state index in [1.54, 1.807) is 29.9 Å². The molecule has 10 heteroatoms. The van der Waals surface area contributed by atoms with Crippen molar-refractivity contribution in [1.29, 1.82) is 0 Å². The molecule has 0 radical (unpaired) electrons. The van der Waals surface area contributed by atoms with Crippen LogP contribution in [0.1, 0.15) is 10.4 Å². The maximum atomic E-state index is 13.3. The zero-order chi connectivity index (χ0) is 21.5. The molecule has 4 rings (SSSR count). The molecule has 0 spiro atoms. The predicted molar refractivity (Wildman–Crippen MR) is 108 cm³/mol. The van der Waals surface area contributed by atoms with Crippen LogP contribution in [0.15, 0.2) is 53.7 Å². The second-order valence-corrected chi connectivity index (χ2v) is 8.26. The molecule has 2 amide bonds. The molecule has 0 bridgehead atoms. The van der Waals surface area contributed by atoms with Crippen LogP contribution in [0.4, 0.5) is 13.6 Å². The lowest BCUT2D eigenvalue weighted by molar-refractivity contribution is -0.286. The fraction of sp³-hybridized carbons (Fsp3) is 0.200. The predicted octanol–water partition coefficient (Wildman–Crippen LogP) is 4.97. The van der Waals surface area contributed by atoms with Crippen molar-refractivity contribution in [3.05, 3.63) is 68.9 Å². The van der Waals surface area contributed by atoms with Gasteiger partial charge in [-0.15, -0.1) is 20.1 Å². The van der Waals surface area contributed by atoms with E-state index in [2.05, 4.69) is 14.5 Å². The average molecular weight is 452 g/mol. The summed E-state index contributed by atoms with van der Waals surface area (Å²) in [6.07, 6.45) is -1.93. The summed E-state index contributed by atoms with van der Waals surface area (Å²) in [4.78, 5) is 19.6. The van der Waals surface area contributed by atoms with E-state index in [1.165, 1.54) is 28.4 Å². The SMILES string of the molecule is Cc1cn(-c2ccc3c(c2)OC(F)(F)O3)/c(=N/C(=O)N(C)Cc2ccccc2Cl)s1. The summed E-state index contributed by atoms with van der Waals surface area (Å²) in [5.41, 5.74) is 1.32. The minimum atomic E-state index is -3.69. The van der Waals surface area contributed by atoms with Gasteiger partial charge < -0.3 is 14.4 Å². The Balaban J connectivity index is 1.63. The van der Waals surface area contributed by atoms with Crippen molar-refractivity contribution in [3.8, 4) is 17.2 Å². The summed E-state index contributed by atoms with van der Waals surface area (Å²) in [5, 5.41) is 0.566. The Bertz CT molecular complexity index is 1190. The molecule has 1 aromatic heterocycles. The highest BCUT2D eigenvalue weighted by Crippen LogP contribution is 2.41. The first kappa shape index (κ1) is 20.4. The minimum absolute atomic E-state index is 0.0506. The third-order valence-electron chi connectivity index (χ3n) is 4.32. The molecule has 6 nitrogen and oxygen atoms in total. The van der Waals surface area contributed by atoms with Crippen molar-refractivity contribution in [2.24, 2.45) is 4.99 Å². The third-order valence-corrected chi connectivity index (χ3v) is 5.58. The van der Waals surface area contributed by atoms with Crippen LogP contribution in [0.5, 0.6) is 11.5 Å². The lowest BCUT2D eigenvalue weighted by Gasteiger charge is -2.15. The number of halogens is 3. The number of benzene rings is 2. The van der Waals surface area contributed by atoms with Gasteiger partial charge in [0.25, 0.3) is 0 Å². The number of carbonyl (C=O) groups excluding carboxylic acids is 1. The first-order valence-electron chi connectivity index (χ1n) is 8.84. The molecule has 0 atom stereocenters. The number of ether oxygens (including phenoxy) is 2. The lowest BCUT2D eigenvalue weighted by atomic mass is 10.2. The highest BCUT2D eigenvalue weighted by molar-refractivity contribution is 7.09. The highest BCUT2D eigenvalue weighted by atomic mass is 35.5. The van der Waals surface area contributed by atoms with Crippen LogP contribution in [0, 0.1) is 6.92 Å². The van der Waals surface area contributed by atoms with Gasteiger partial charge in [-0.1, -0.05) is 29.8 Å². The first-order valence-corrected chi connectivity index (χ1v) is 10.0. The molecule has 0 N–H and O–H groups in total. The second-order valence-electron chi connectivity index (χ2n) is 6.63. The Kier molecular flexibility index (Phi) is 5.25. The Morgan fingerprint density at radius 1 is 1.23 bits per heavy atom. The Labute approximate surface area is 179 Å². The zero-order valence-corrected chi connectivity index (χ0v) is 17.5. The van der Waals surface area contributed by atoms with E-state index in [0.29, 0.717) is 22.1 Å². The van der Waals surface area contributed by atoms with Crippen molar-refractivity contribution >= 4 is 29.0 Å². The van der Waals surface area contributed by atoms with Gasteiger partial charge in [-0.3, -0.25) is 4.57 Å². The molecule has 30 heavy (non-hydrogen) atoms. The number of urea groups is 1. The maximum absolute atomic E-state index is 13.3. The van der Waals surface area contributed by atoms with Gasteiger partial charge in [0.1, 0.15) is 0 Å². The topological polar surface area (TPSA) is 56.1 Å². The summed E-state index contributed by atoms with van der Waals surface area (Å²) >= 11 is 7.46. The molecule has 2 aromatic carbocycles. The van der Waals surface area contributed by atoms with Gasteiger partial charge in [-0.2, -0.15) is 4.99 Å². The minimum Gasteiger partial charge on any atom is -0.395 e. The van der Waals surface area contributed by atoms with Gasteiger partial charge in [0.05, 0.1) is 5.69 Å². The van der Waals surface area contributed by atoms with Crippen LogP contribution < -0.4 is 14.3 Å². The fourth-order valence-electron chi connectivity index (χ4n) is 2.92. The number of rotatable bonds is 3. The monoisotopic (exact) mass is 451 g/mol. The van der Waals surface area contributed by atoms with Crippen LogP contribution in [0.25, 0.3) is 5.69 Å². The molecule has 0 aliphatic carbocycles. The summed E-state index contributed by atoms with van der Waals surface area (Å²) in [7, 11) is 1.63. The van der Waals surface area contributed by atoms with Crippen LogP contribution >= 0.6 is 22.9 Å². The van der Waals surface area contributed by atoms with E-state index in [0.717, 1.165) is 10.4 Å². The van der Waals surface area contributed by atoms with E-state index >= 15 is 0 Å². The quantitative estimate of drug-likeness (QED) is 0.564. The van der Waals surface area contributed by atoms with Crippen LogP contribution in [-0.2, 0) is 6.54 Å². The summed E-state index contributed by atoms with van der Waals surface area (Å²) in [5.74, 6) is -0.132. The first-order chi connectivity index (χ1) is 14.2. The van der Waals surface area contributed by atoms with E-state index in [4.69, 9.17) is 11.6 Å². The number of aromatic nitrogens is 1. The number of fused-ring (bicyclic) bond motifs is 1. The number of thiazole rings is 1. The van der Waals surface area contributed by atoms with E-state index < -0.39 is 12.3 Å². The molecule has 3 aromatic rings. The van der Waals surface area contributed by atoms with Crippen LogP contribution in [0.2, 0.25) is 5.02 Å². The van der Waals surface area contributed by atoms with Crippen molar-refractivity contribution in [2.45, 2.75) is 19.8 Å². The van der Waals surface area contributed by atoms with Crippen molar-refractivity contribution in [3.63, 3.8) is 0 Å². The third kappa shape index (κ3) is 4.17. The van der Waals surface area contributed by atoms with Crippen molar-refractivity contribution in [2.75, 3.05) is 7.05 Å².